The summed E-state index contributed by atoms with van der Waals surface area (Å²) in [6.07, 6.45) is 2.89. The molecule has 0 N–H and O–H groups in total. The van der Waals surface area contributed by atoms with Crippen molar-refractivity contribution in [3.05, 3.63) is 34.6 Å². The molecule has 19 heavy (non-hydrogen) atoms. The Kier molecular flexibility index (Phi) is 2.98. The zero-order chi connectivity index (χ0) is 13.4. The maximum Gasteiger partial charge on any atom is 0.172 e. The third-order valence-electron chi connectivity index (χ3n) is 3.19. The second kappa shape index (κ2) is 4.66. The van der Waals surface area contributed by atoms with Gasteiger partial charge in [0, 0.05) is 5.92 Å². The second-order valence-corrected chi connectivity index (χ2v) is 4.89. The van der Waals surface area contributed by atoms with Crippen LogP contribution in [-0.4, -0.2) is 28.4 Å². The van der Waals surface area contributed by atoms with Gasteiger partial charge in [0.05, 0.1) is 23.5 Å². The third-order valence-corrected chi connectivity index (χ3v) is 3.48. The van der Waals surface area contributed by atoms with E-state index in [1.54, 1.807) is 23.9 Å². The zero-order valence-electron chi connectivity index (χ0n) is 10.3. The van der Waals surface area contributed by atoms with Crippen LogP contribution in [0.15, 0.2) is 18.2 Å². The number of benzene rings is 1. The van der Waals surface area contributed by atoms with Crippen LogP contribution < -0.4 is 4.74 Å². The Labute approximate surface area is 115 Å². The highest BCUT2D eigenvalue weighted by Crippen LogP contribution is 2.42. The van der Waals surface area contributed by atoms with Gasteiger partial charge in [0.15, 0.2) is 6.29 Å². The molecule has 6 heteroatoms. The number of methoxy groups -OCH3 is 1. The summed E-state index contributed by atoms with van der Waals surface area (Å²) in [5.41, 5.74) is 2.07. The maximum absolute atomic E-state index is 11.0. The summed E-state index contributed by atoms with van der Waals surface area (Å²) < 4.78 is 6.81. The highest BCUT2D eigenvalue weighted by molar-refractivity contribution is 6.32. The summed E-state index contributed by atoms with van der Waals surface area (Å²) >= 11 is 6.11. The van der Waals surface area contributed by atoms with Gasteiger partial charge in [-0.15, -0.1) is 5.10 Å². The molecule has 98 valence electrons. The van der Waals surface area contributed by atoms with Gasteiger partial charge in [-0.05, 0) is 31.0 Å². The van der Waals surface area contributed by atoms with Crippen molar-refractivity contribution in [3.8, 4) is 11.4 Å². The number of hydrogen-bond acceptors (Lipinski definition) is 4. The summed E-state index contributed by atoms with van der Waals surface area (Å²) in [4.78, 5) is 11.0. The van der Waals surface area contributed by atoms with E-state index >= 15 is 0 Å². The minimum atomic E-state index is 0.371. The number of halogens is 1. The normalized spacial score (nSPS) is 14.4. The van der Waals surface area contributed by atoms with Gasteiger partial charge >= 0.3 is 0 Å². The van der Waals surface area contributed by atoms with E-state index in [2.05, 4.69) is 10.3 Å². The molecule has 1 aromatic heterocycles. The van der Waals surface area contributed by atoms with E-state index in [0.717, 1.165) is 30.5 Å². The first kappa shape index (κ1) is 12.2. The van der Waals surface area contributed by atoms with Gasteiger partial charge < -0.3 is 4.74 Å². The highest BCUT2D eigenvalue weighted by atomic mass is 35.5. The van der Waals surface area contributed by atoms with Crippen LogP contribution in [0.2, 0.25) is 5.02 Å². The Morgan fingerprint density at radius 2 is 2.26 bits per heavy atom. The average molecular weight is 278 g/mol. The molecule has 1 heterocycles. The quantitative estimate of drug-likeness (QED) is 0.806. The van der Waals surface area contributed by atoms with Crippen molar-refractivity contribution in [2.75, 3.05) is 7.11 Å². The molecule has 0 spiro atoms. The Morgan fingerprint density at radius 1 is 1.47 bits per heavy atom. The summed E-state index contributed by atoms with van der Waals surface area (Å²) in [5.74, 6) is 0.977. The molecule has 2 aromatic rings. The number of ether oxygens (including phenoxy) is 1. The molecule has 1 aliphatic rings. The standard InChI is InChI=1S/C13H12ClN3O2/c1-19-12-5-4-9(6-10(12)14)17-13(8-2-3-8)11(7-18)15-16-17/h4-8H,2-3H2,1H3. The minimum absolute atomic E-state index is 0.371. The SMILES string of the molecule is COc1ccc(-n2nnc(C=O)c2C2CC2)cc1Cl. The number of rotatable bonds is 4. The molecular formula is C13H12ClN3O2. The van der Waals surface area contributed by atoms with Crippen LogP contribution in [0.25, 0.3) is 5.69 Å². The molecule has 0 saturated heterocycles. The minimum Gasteiger partial charge on any atom is -0.495 e. The Balaban J connectivity index is 2.09. The number of aromatic nitrogens is 3. The predicted octanol–water partition coefficient (Wildman–Crippen LogP) is 2.62. The predicted molar refractivity (Wildman–Crippen MR) is 70.3 cm³/mol. The van der Waals surface area contributed by atoms with E-state index in [-0.39, 0.29) is 0 Å². The fourth-order valence-corrected chi connectivity index (χ4v) is 2.35. The number of hydrogen-bond donors (Lipinski definition) is 0. The molecule has 0 unspecified atom stereocenters. The second-order valence-electron chi connectivity index (χ2n) is 4.48. The van der Waals surface area contributed by atoms with Crippen molar-refractivity contribution >= 4 is 17.9 Å². The molecule has 0 radical (unpaired) electrons. The Morgan fingerprint density at radius 3 is 2.84 bits per heavy atom. The summed E-state index contributed by atoms with van der Waals surface area (Å²) in [6, 6.07) is 5.38. The Hall–Kier alpha value is -1.88. The molecule has 0 amide bonds. The van der Waals surface area contributed by atoms with Gasteiger partial charge in [0.25, 0.3) is 0 Å². The lowest BCUT2D eigenvalue weighted by molar-refractivity contribution is 0.111. The van der Waals surface area contributed by atoms with E-state index < -0.39 is 0 Å². The summed E-state index contributed by atoms with van der Waals surface area (Å²) in [5, 5.41) is 8.47. The van der Waals surface area contributed by atoms with E-state index in [9.17, 15) is 4.79 Å². The highest BCUT2D eigenvalue weighted by Gasteiger charge is 2.31. The van der Waals surface area contributed by atoms with Gasteiger partial charge in [0.2, 0.25) is 0 Å². The number of aldehydes is 1. The van der Waals surface area contributed by atoms with Crippen LogP contribution in [-0.2, 0) is 0 Å². The molecule has 3 rings (SSSR count). The van der Waals surface area contributed by atoms with Crippen LogP contribution in [0.1, 0.15) is 34.9 Å². The van der Waals surface area contributed by atoms with Gasteiger partial charge in [-0.2, -0.15) is 0 Å². The fourth-order valence-electron chi connectivity index (χ4n) is 2.10. The summed E-state index contributed by atoms with van der Waals surface area (Å²) in [7, 11) is 1.57. The van der Waals surface area contributed by atoms with E-state index in [1.165, 1.54) is 0 Å². The first-order valence-corrected chi connectivity index (χ1v) is 6.37. The van der Waals surface area contributed by atoms with E-state index in [0.29, 0.717) is 22.4 Å². The van der Waals surface area contributed by atoms with E-state index in [4.69, 9.17) is 16.3 Å². The lowest BCUT2D eigenvalue weighted by Crippen LogP contribution is -2.02. The van der Waals surface area contributed by atoms with Crippen molar-refractivity contribution in [2.45, 2.75) is 18.8 Å². The largest absolute Gasteiger partial charge is 0.495 e. The fraction of sp³-hybridized carbons (Fsp3) is 0.308. The van der Waals surface area contributed by atoms with Crippen molar-refractivity contribution in [3.63, 3.8) is 0 Å². The first-order valence-electron chi connectivity index (χ1n) is 5.99. The van der Waals surface area contributed by atoms with Crippen molar-refractivity contribution < 1.29 is 9.53 Å². The van der Waals surface area contributed by atoms with Crippen LogP contribution in [0.4, 0.5) is 0 Å². The molecular weight excluding hydrogens is 266 g/mol. The van der Waals surface area contributed by atoms with E-state index in [1.807, 2.05) is 6.07 Å². The van der Waals surface area contributed by atoms with Crippen LogP contribution in [0, 0.1) is 0 Å². The maximum atomic E-state index is 11.0. The monoisotopic (exact) mass is 277 g/mol. The van der Waals surface area contributed by atoms with Crippen LogP contribution in [0.5, 0.6) is 5.75 Å². The zero-order valence-corrected chi connectivity index (χ0v) is 11.1. The van der Waals surface area contributed by atoms with Crippen molar-refractivity contribution in [1.82, 2.24) is 15.0 Å². The average Bonchev–Trinajstić information content (AvgIpc) is 3.17. The van der Waals surface area contributed by atoms with Crippen LogP contribution >= 0.6 is 11.6 Å². The van der Waals surface area contributed by atoms with Crippen LogP contribution in [0.3, 0.4) is 0 Å². The first-order chi connectivity index (χ1) is 9.24. The van der Waals surface area contributed by atoms with Crippen molar-refractivity contribution in [2.24, 2.45) is 0 Å². The smallest absolute Gasteiger partial charge is 0.172 e. The van der Waals surface area contributed by atoms with Gasteiger partial charge in [-0.25, -0.2) is 4.68 Å². The topological polar surface area (TPSA) is 57.0 Å². The molecule has 0 aliphatic heterocycles. The molecule has 1 fully saturated rings. The lowest BCUT2D eigenvalue weighted by Gasteiger charge is -2.08. The van der Waals surface area contributed by atoms with Gasteiger partial charge in [-0.1, -0.05) is 16.8 Å². The molecule has 5 nitrogen and oxygen atoms in total. The lowest BCUT2D eigenvalue weighted by atomic mass is 10.2. The van der Waals surface area contributed by atoms with Gasteiger partial charge in [0.1, 0.15) is 11.4 Å². The molecule has 1 aliphatic carbocycles. The molecule has 1 saturated carbocycles. The van der Waals surface area contributed by atoms with Crippen molar-refractivity contribution in [1.29, 1.82) is 0 Å². The number of nitrogens with zero attached hydrogens (tertiary/aromatic N) is 3. The summed E-state index contributed by atoms with van der Waals surface area (Å²) in [6.45, 7) is 0. The third kappa shape index (κ3) is 2.10. The Bertz CT molecular complexity index is 635. The molecule has 0 atom stereocenters. The van der Waals surface area contributed by atoms with Gasteiger partial charge in [-0.3, -0.25) is 4.79 Å². The number of carbonyl (C=O) groups excluding carboxylic acids is 1. The number of carbonyl (C=O) groups is 1. The molecule has 1 aromatic carbocycles. The molecule has 0 bridgehead atoms.